The van der Waals surface area contributed by atoms with Crippen LogP contribution in [0, 0.1) is 0 Å². The van der Waals surface area contributed by atoms with Crippen LogP contribution in [-0.4, -0.2) is 22.8 Å². The monoisotopic (exact) mass is 756 g/mol. The van der Waals surface area contributed by atoms with E-state index in [1.165, 1.54) is 12.1 Å². The van der Waals surface area contributed by atoms with Gasteiger partial charge < -0.3 is 0 Å². The van der Waals surface area contributed by atoms with Crippen molar-refractivity contribution in [3.63, 3.8) is 0 Å². The summed E-state index contributed by atoms with van der Waals surface area (Å²) < 4.78 is 129. The van der Waals surface area contributed by atoms with Gasteiger partial charge in [-0.05, 0) is 22.3 Å². The van der Waals surface area contributed by atoms with Crippen molar-refractivity contribution in [3.8, 4) is 0 Å². The average Bonchev–Trinajstić information content (AvgIpc) is 3.96. The van der Waals surface area contributed by atoms with Crippen molar-refractivity contribution in [1.29, 1.82) is 0 Å². The highest BCUT2D eigenvalue weighted by Gasteiger charge is 2.42. The summed E-state index contributed by atoms with van der Waals surface area (Å²) in [5.74, 6) is -15.0. The highest BCUT2D eigenvalue weighted by molar-refractivity contribution is 6.51. The van der Waals surface area contributed by atoms with Crippen LogP contribution in [0.1, 0.15) is 22.3 Å². The highest BCUT2D eigenvalue weighted by Crippen LogP contribution is 2.50. The van der Waals surface area contributed by atoms with E-state index in [2.05, 4.69) is 15.0 Å². The molecule has 0 fully saturated rings. The van der Waals surface area contributed by atoms with E-state index >= 15 is 35.1 Å². The summed E-state index contributed by atoms with van der Waals surface area (Å²) in [7, 11) is 0. The lowest BCUT2D eigenvalue weighted by molar-refractivity contribution is 0.559. The van der Waals surface area contributed by atoms with Crippen LogP contribution in [0.3, 0.4) is 0 Å². The number of fused-ring (bicyclic) bond motifs is 4. The van der Waals surface area contributed by atoms with Crippen molar-refractivity contribution in [3.05, 3.63) is 213 Å². The molecule has 0 saturated carbocycles. The molecule has 0 atom stereocenters. The van der Waals surface area contributed by atoms with Gasteiger partial charge in [-0.3, -0.25) is 0 Å². The van der Waals surface area contributed by atoms with E-state index < -0.39 is 80.8 Å². The van der Waals surface area contributed by atoms with Crippen molar-refractivity contribution >= 4 is 45.1 Å². The number of hydrogen-bond acceptors (Lipinski definition) is 4. The number of rotatable bonds is 4. The van der Waals surface area contributed by atoms with E-state index in [0.717, 1.165) is 0 Å². The molecule has 5 aliphatic rings. The summed E-state index contributed by atoms with van der Waals surface area (Å²) in [6.07, 6.45) is 0. The molecule has 8 bridgehead atoms. The molecule has 0 unspecified atom stereocenters. The third-order valence-corrected chi connectivity index (χ3v) is 9.47. The smallest absolute Gasteiger partial charge is 0.189 e. The number of nitrogens with zero attached hydrogens (tertiary/aromatic N) is 4. The molecule has 12 heteroatoms. The lowest BCUT2D eigenvalue weighted by atomic mass is 9.85. The molecule has 0 aliphatic carbocycles. The zero-order valence-electron chi connectivity index (χ0n) is 28.4. The van der Waals surface area contributed by atoms with Crippen LogP contribution >= 0.6 is 0 Å². The first-order chi connectivity index (χ1) is 27.2. The molecule has 0 amide bonds. The second-order valence-electron chi connectivity index (χ2n) is 12.7. The molecule has 272 valence electrons. The second kappa shape index (κ2) is 13.3. The Morgan fingerprint density at radius 1 is 0.232 bits per heavy atom. The second-order valence-corrected chi connectivity index (χ2v) is 12.7. The van der Waals surface area contributed by atoms with Gasteiger partial charge in [0.05, 0.1) is 11.4 Å². The van der Waals surface area contributed by atoms with E-state index in [4.69, 9.17) is 4.99 Å². The zero-order chi connectivity index (χ0) is 38.8. The van der Waals surface area contributed by atoms with Crippen molar-refractivity contribution in [2.45, 2.75) is 0 Å². The lowest BCUT2D eigenvalue weighted by Gasteiger charge is -2.17. The highest BCUT2D eigenvalue weighted by atomic mass is 19.2. The third-order valence-electron chi connectivity index (χ3n) is 9.47. The van der Waals surface area contributed by atoms with Crippen LogP contribution in [0.2, 0.25) is 0 Å². The Hall–Kier alpha value is -7.08. The molecule has 4 nitrogen and oxygen atoms in total. The Morgan fingerprint density at radius 3 is 1.00 bits per heavy atom. The Kier molecular flexibility index (Phi) is 8.26. The van der Waals surface area contributed by atoms with Gasteiger partial charge in [0.1, 0.15) is 34.2 Å². The average molecular weight is 757 g/mol. The number of hydrogen-bond donors (Lipinski definition) is 0. The molecule has 0 aromatic heterocycles. The molecule has 0 radical (unpaired) electrons. The standard InChI is InChI=1S/C44H20F8N4/c45-29-27(23-17-9-3-10-18-23)38-28(24-19-11-4-12-20-24)37-25(21-13-5-1-6-14-21)26(22-15-7-2-8-16-22)39(53-37)34(50)41-30(46)31(47)43(55-41)36(52)44-33(49)32(48)42(56-44)35(51)40(29)54-38/h1-20H. The van der Waals surface area contributed by atoms with Gasteiger partial charge in [-0.1, -0.05) is 121 Å². The van der Waals surface area contributed by atoms with Crippen molar-refractivity contribution in [2.24, 2.45) is 20.0 Å². The van der Waals surface area contributed by atoms with Gasteiger partial charge in [-0.25, -0.2) is 55.1 Å². The minimum absolute atomic E-state index is 0.0228. The number of halogens is 8. The van der Waals surface area contributed by atoms with Crippen molar-refractivity contribution in [2.75, 3.05) is 0 Å². The van der Waals surface area contributed by atoms with Crippen LogP contribution in [0.4, 0.5) is 35.1 Å². The van der Waals surface area contributed by atoms with Crippen LogP contribution in [0.5, 0.6) is 0 Å². The van der Waals surface area contributed by atoms with E-state index in [1.807, 2.05) is 0 Å². The van der Waals surface area contributed by atoms with Gasteiger partial charge in [0.2, 0.25) is 0 Å². The Morgan fingerprint density at radius 2 is 0.554 bits per heavy atom. The van der Waals surface area contributed by atoms with Crippen LogP contribution in [0.25, 0.3) is 22.3 Å². The molecular weight excluding hydrogens is 736 g/mol. The molecular formula is C44H20F8N4. The Balaban J connectivity index is 1.52. The Labute approximate surface area is 312 Å². The van der Waals surface area contributed by atoms with Gasteiger partial charge in [0, 0.05) is 22.3 Å². The number of aliphatic imine (C=N–C) groups is 4. The first-order valence-electron chi connectivity index (χ1n) is 16.9. The lowest BCUT2D eigenvalue weighted by Crippen LogP contribution is -2.07. The SMILES string of the molecule is FC1=C(F)C2=C(F)C3=NC(=C(F)C4=NC(=C(c5ccccc5)C5=NC(=C(F)C1=N2)C(F)=C5c1ccccc1)C(c1ccccc1)=C4c1ccccc1)C(F)=C3F. The Bertz CT molecular complexity index is 2820. The predicted molar refractivity (Wildman–Crippen MR) is 200 cm³/mol. The fourth-order valence-corrected chi connectivity index (χ4v) is 6.95. The maximum Gasteiger partial charge on any atom is 0.189 e. The summed E-state index contributed by atoms with van der Waals surface area (Å²) in [4.78, 5) is 16.0. The van der Waals surface area contributed by atoms with Crippen LogP contribution in [-0.2, 0) is 0 Å². The largest absolute Gasteiger partial charge is 0.244 e. The molecule has 4 aromatic carbocycles. The summed E-state index contributed by atoms with van der Waals surface area (Å²) >= 11 is 0. The topological polar surface area (TPSA) is 49.4 Å². The molecule has 0 N–H and O–H groups in total. The molecule has 5 heterocycles. The van der Waals surface area contributed by atoms with E-state index in [0.29, 0.717) is 16.7 Å². The van der Waals surface area contributed by atoms with Gasteiger partial charge in [0.15, 0.2) is 46.6 Å². The van der Waals surface area contributed by atoms with Gasteiger partial charge in [-0.2, -0.15) is 0 Å². The summed E-state index contributed by atoms with van der Waals surface area (Å²) in [5.41, 5.74) is -6.73. The van der Waals surface area contributed by atoms with E-state index in [9.17, 15) is 0 Å². The molecule has 0 saturated heterocycles. The van der Waals surface area contributed by atoms with Crippen LogP contribution in [0.15, 0.2) is 211 Å². The fraction of sp³-hybridized carbons (Fsp3) is 0. The fourth-order valence-electron chi connectivity index (χ4n) is 6.95. The van der Waals surface area contributed by atoms with Gasteiger partial charge in [-0.15, -0.1) is 0 Å². The first kappa shape index (κ1) is 34.7. The maximum absolute atomic E-state index is 17.2. The van der Waals surface area contributed by atoms with Gasteiger partial charge in [0.25, 0.3) is 0 Å². The summed E-state index contributed by atoms with van der Waals surface area (Å²) in [6.45, 7) is 0. The molecule has 0 spiro atoms. The van der Waals surface area contributed by atoms with E-state index in [-0.39, 0.29) is 39.3 Å². The van der Waals surface area contributed by atoms with Crippen molar-refractivity contribution in [1.82, 2.24) is 0 Å². The van der Waals surface area contributed by atoms with E-state index in [1.54, 1.807) is 109 Å². The number of benzene rings is 4. The minimum Gasteiger partial charge on any atom is -0.244 e. The molecule has 5 aliphatic heterocycles. The molecule has 56 heavy (non-hydrogen) atoms. The predicted octanol–water partition coefficient (Wildman–Crippen LogP) is 12.1. The summed E-state index contributed by atoms with van der Waals surface area (Å²) in [5, 5.41) is 0. The van der Waals surface area contributed by atoms with Crippen molar-refractivity contribution < 1.29 is 35.1 Å². The summed E-state index contributed by atoms with van der Waals surface area (Å²) in [6, 6.07) is 32.9. The maximum atomic E-state index is 17.2. The molecule has 4 aromatic rings. The van der Waals surface area contributed by atoms with Crippen LogP contribution < -0.4 is 0 Å². The normalized spacial score (nSPS) is 18.6. The zero-order valence-corrected chi connectivity index (χ0v) is 28.4. The quantitative estimate of drug-likeness (QED) is 0.186. The number of allylic oxidation sites excluding steroid dienone is 12. The first-order valence-corrected chi connectivity index (χ1v) is 16.9. The van der Waals surface area contributed by atoms with Gasteiger partial charge >= 0.3 is 0 Å². The third kappa shape index (κ3) is 5.28. The minimum atomic E-state index is -2.11. The molecule has 9 rings (SSSR count).